The molecule has 0 radical (unpaired) electrons. The molecule has 0 atom stereocenters. The van der Waals surface area contributed by atoms with Crippen LogP contribution in [0, 0.1) is 5.41 Å². The van der Waals surface area contributed by atoms with Crippen molar-refractivity contribution in [1.82, 2.24) is 10.3 Å². The lowest BCUT2D eigenvalue weighted by molar-refractivity contribution is -0.119. The van der Waals surface area contributed by atoms with Gasteiger partial charge in [0.25, 0.3) is 0 Å². The molecule has 184 valence electrons. The van der Waals surface area contributed by atoms with E-state index >= 15 is 0 Å². The van der Waals surface area contributed by atoms with Gasteiger partial charge in [0.15, 0.2) is 0 Å². The maximum Gasteiger partial charge on any atom is 0.216 e. The highest BCUT2D eigenvalue weighted by Crippen LogP contribution is 2.44. The molecule has 3 nitrogen and oxygen atoms in total. The smallest absolute Gasteiger partial charge is 0.216 e. The second-order valence-corrected chi connectivity index (χ2v) is 13.7. The second kappa shape index (κ2) is 10.4. The third-order valence-electron chi connectivity index (χ3n) is 5.93. The molecule has 1 heterocycles. The summed E-state index contributed by atoms with van der Waals surface area (Å²) in [5.41, 5.74) is 6.41. The van der Waals surface area contributed by atoms with Gasteiger partial charge in [0.2, 0.25) is 5.91 Å². The summed E-state index contributed by atoms with van der Waals surface area (Å²) >= 11 is 8.10. The van der Waals surface area contributed by atoms with Crippen LogP contribution >= 0.6 is 23.4 Å². The number of carbonyl (C=O) groups excluding carboxylic acids is 1. The van der Waals surface area contributed by atoms with E-state index in [-0.39, 0.29) is 16.1 Å². The van der Waals surface area contributed by atoms with Gasteiger partial charge in [-0.25, -0.2) is 0 Å². The van der Waals surface area contributed by atoms with Crippen LogP contribution in [0.15, 0.2) is 41.3 Å². The number of fused-ring (bicyclic) bond motifs is 1. The van der Waals surface area contributed by atoms with Crippen molar-refractivity contribution in [2.45, 2.75) is 83.8 Å². The van der Waals surface area contributed by atoms with Crippen LogP contribution in [0.1, 0.15) is 83.7 Å². The molecule has 0 spiro atoms. The van der Waals surface area contributed by atoms with E-state index < -0.39 is 0 Å². The largest absolute Gasteiger partial charge is 0.357 e. The van der Waals surface area contributed by atoms with E-state index in [0.29, 0.717) is 12.5 Å². The summed E-state index contributed by atoms with van der Waals surface area (Å²) < 4.78 is 0.0665. The minimum atomic E-state index is -0.0725. The van der Waals surface area contributed by atoms with Gasteiger partial charge in [-0.15, -0.1) is 11.8 Å². The number of H-pyrrole nitrogens is 1. The molecule has 1 aromatic heterocycles. The molecule has 2 aromatic carbocycles. The van der Waals surface area contributed by atoms with Gasteiger partial charge in [-0.3, -0.25) is 4.79 Å². The summed E-state index contributed by atoms with van der Waals surface area (Å²) in [6, 6.07) is 12.7. The Kier molecular flexibility index (Phi) is 8.14. The van der Waals surface area contributed by atoms with Crippen LogP contribution in [0.2, 0.25) is 5.02 Å². The van der Waals surface area contributed by atoms with Crippen LogP contribution in [0.5, 0.6) is 0 Å². The zero-order valence-electron chi connectivity index (χ0n) is 21.9. The van der Waals surface area contributed by atoms with Gasteiger partial charge in [0, 0.05) is 44.7 Å². The summed E-state index contributed by atoms with van der Waals surface area (Å²) in [7, 11) is 0. The lowest BCUT2D eigenvalue weighted by atomic mass is 9.87. The minimum absolute atomic E-state index is 0.0147. The molecule has 3 aromatic rings. The Morgan fingerprint density at radius 3 is 2.26 bits per heavy atom. The number of amides is 1. The van der Waals surface area contributed by atoms with E-state index in [1.54, 1.807) is 6.92 Å². The maximum atomic E-state index is 11.5. The average Bonchev–Trinajstić information content (AvgIpc) is 3.03. The second-order valence-electron chi connectivity index (χ2n) is 11.4. The van der Waals surface area contributed by atoms with Crippen LogP contribution in [-0.4, -0.2) is 22.2 Å². The van der Waals surface area contributed by atoms with E-state index in [1.807, 2.05) is 23.9 Å². The van der Waals surface area contributed by atoms with Crippen LogP contribution in [0.25, 0.3) is 10.9 Å². The first-order valence-corrected chi connectivity index (χ1v) is 13.3. The van der Waals surface area contributed by atoms with Gasteiger partial charge in [0.1, 0.15) is 0 Å². The zero-order chi connectivity index (χ0) is 25.3. The number of aromatic amines is 1. The number of hydrogen-bond acceptors (Lipinski definition) is 2. The van der Waals surface area contributed by atoms with Gasteiger partial charge in [-0.2, -0.15) is 0 Å². The highest BCUT2D eigenvalue weighted by Gasteiger charge is 2.27. The van der Waals surface area contributed by atoms with Crippen molar-refractivity contribution in [3.05, 3.63) is 63.8 Å². The van der Waals surface area contributed by atoms with Crippen LogP contribution in [0.4, 0.5) is 0 Å². The van der Waals surface area contributed by atoms with Crippen molar-refractivity contribution in [2.75, 3.05) is 6.54 Å². The van der Waals surface area contributed by atoms with Crippen LogP contribution in [0.3, 0.4) is 0 Å². The number of thioether (sulfide) groups is 1. The number of hydrogen-bond donors (Lipinski definition) is 2. The fraction of sp³-hybridized carbons (Fsp3) is 0.483. The molecule has 1 amide bonds. The van der Waals surface area contributed by atoms with Crippen molar-refractivity contribution in [1.29, 1.82) is 0 Å². The number of benzene rings is 2. The quantitative estimate of drug-likeness (QED) is 0.308. The molecule has 0 aliphatic carbocycles. The highest BCUT2D eigenvalue weighted by molar-refractivity contribution is 8.00. The van der Waals surface area contributed by atoms with E-state index in [4.69, 9.17) is 11.6 Å². The Morgan fingerprint density at radius 2 is 1.71 bits per heavy atom. The number of carbonyl (C=O) groups is 1. The van der Waals surface area contributed by atoms with Crippen molar-refractivity contribution < 1.29 is 4.79 Å². The molecule has 0 unspecified atom stereocenters. The summed E-state index contributed by atoms with van der Waals surface area (Å²) in [5.74, 6) is 0.439. The van der Waals surface area contributed by atoms with E-state index in [2.05, 4.69) is 83.0 Å². The Hall–Kier alpha value is -1.91. The SMILES string of the molecule is CC(=O)NCC(C)(C)Cc1[nH]c2ccc(C(C)C)c(Cc3ccc(Cl)cc3)c2c1SC(C)(C)C. The molecule has 0 aliphatic rings. The minimum Gasteiger partial charge on any atom is -0.357 e. The number of rotatable bonds is 8. The standard InChI is InChI=1S/C29H39ClN2OS/c1-18(2)22-13-14-24-26(23(22)15-20-9-11-21(30)12-10-20)27(34-28(4,5)6)25(32-24)16-29(7,8)17-31-19(3)33/h9-14,18,32H,15-17H2,1-8H3,(H,31,33). The summed E-state index contributed by atoms with van der Waals surface area (Å²) in [6.07, 6.45) is 1.73. The lowest BCUT2D eigenvalue weighted by Crippen LogP contribution is -2.34. The molecule has 3 rings (SSSR count). The van der Waals surface area contributed by atoms with Crippen LogP contribution in [-0.2, 0) is 17.6 Å². The van der Waals surface area contributed by atoms with Gasteiger partial charge in [0.05, 0.1) is 0 Å². The van der Waals surface area contributed by atoms with Crippen LogP contribution < -0.4 is 5.32 Å². The molecule has 0 bridgehead atoms. The Bertz CT molecular complexity index is 1150. The number of halogens is 1. The molecule has 0 fully saturated rings. The number of nitrogens with one attached hydrogen (secondary N) is 2. The van der Waals surface area contributed by atoms with Crippen molar-refractivity contribution in [2.24, 2.45) is 5.41 Å². The highest BCUT2D eigenvalue weighted by atomic mass is 35.5. The van der Waals surface area contributed by atoms with Gasteiger partial charge < -0.3 is 10.3 Å². The fourth-order valence-electron chi connectivity index (χ4n) is 4.38. The summed E-state index contributed by atoms with van der Waals surface area (Å²) in [5, 5.41) is 5.11. The van der Waals surface area contributed by atoms with Crippen molar-refractivity contribution >= 4 is 40.2 Å². The Labute approximate surface area is 214 Å². The van der Waals surface area contributed by atoms with Gasteiger partial charge >= 0.3 is 0 Å². The van der Waals surface area contributed by atoms with Crippen molar-refractivity contribution in [3.63, 3.8) is 0 Å². The van der Waals surface area contributed by atoms with E-state index in [1.165, 1.54) is 38.2 Å². The van der Waals surface area contributed by atoms with E-state index in [0.717, 1.165) is 17.9 Å². The Morgan fingerprint density at radius 1 is 1.06 bits per heavy atom. The predicted molar refractivity (Wildman–Crippen MR) is 148 cm³/mol. The molecule has 5 heteroatoms. The molecular formula is C29H39ClN2OS. The molecule has 0 aliphatic heterocycles. The first kappa shape index (κ1) is 26.7. The first-order chi connectivity index (χ1) is 15.8. The first-order valence-electron chi connectivity index (χ1n) is 12.1. The fourth-order valence-corrected chi connectivity index (χ4v) is 5.70. The molecular weight excluding hydrogens is 460 g/mol. The maximum absolute atomic E-state index is 11.5. The number of aromatic nitrogens is 1. The van der Waals surface area contributed by atoms with E-state index in [9.17, 15) is 4.79 Å². The topological polar surface area (TPSA) is 44.9 Å². The third-order valence-corrected chi connectivity index (χ3v) is 7.45. The monoisotopic (exact) mass is 498 g/mol. The lowest BCUT2D eigenvalue weighted by Gasteiger charge is -2.26. The van der Waals surface area contributed by atoms with Gasteiger partial charge in [-0.1, -0.05) is 78.3 Å². The predicted octanol–water partition coefficient (Wildman–Crippen LogP) is 8.13. The third kappa shape index (κ3) is 6.82. The molecule has 0 saturated carbocycles. The van der Waals surface area contributed by atoms with Crippen molar-refractivity contribution in [3.8, 4) is 0 Å². The Balaban J connectivity index is 2.19. The summed E-state index contributed by atoms with van der Waals surface area (Å²) in [4.78, 5) is 16.7. The molecule has 0 saturated heterocycles. The normalized spacial score (nSPS) is 12.5. The average molecular weight is 499 g/mol. The molecule has 34 heavy (non-hydrogen) atoms. The molecule has 2 N–H and O–H groups in total. The van der Waals surface area contributed by atoms with Gasteiger partial charge in [-0.05, 0) is 59.1 Å². The zero-order valence-corrected chi connectivity index (χ0v) is 23.4. The summed E-state index contributed by atoms with van der Waals surface area (Å²) in [6.45, 7) is 18.0.